The second-order valence-corrected chi connectivity index (χ2v) is 7.24. The summed E-state index contributed by atoms with van der Waals surface area (Å²) in [6.07, 6.45) is 1.76. The number of benzene rings is 1. The second kappa shape index (κ2) is 7.71. The van der Waals surface area contributed by atoms with Crippen LogP contribution in [-0.4, -0.2) is 45.7 Å². The molecule has 1 aliphatic heterocycles. The van der Waals surface area contributed by atoms with Crippen LogP contribution in [0.1, 0.15) is 11.3 Å². The number of carboxylic acid groups (broad SMARTS) is 1. The number of amidine groups is 1. The number of aliphatic imine (C=N–C) groups is 1. The number of nitrogens with zero attached hydrogens (tertiary/aromatic N) is 3. The average Bonchev–Trinajstić information content (AvgIpc) is 3.13. The zero-order chi connectivity index (χ0) is 18.7. The topological polar surface area (TPSA) is 92.1 Å². The quantitative estimate of drug-likeness (QED) is 0.790. The molecular formula is C17H15N3O4S2. The molecule has 1 saturated heterocycles. The van der Waals surface area contributed by atoms with E-state index in [1.807, 2.05) is 12.3 Å². The number of carboxylic acids is 1. The largest absolute Gasteiger partial charge is 0.482 e. The molecule has 9 heteroatoms. The number of carbonyl (C=O) groups excluding carboxylic acids is 1. The molecule has 0 unspecified atom stereocenters. The van der Waals surface area contributed by atoms with Crippen LogP contribution in [0.5, 0.6) is 5.75 Å². The molecule has 0 aliphatic carbocycles. The Bertz CT molecular complexity index is 903. The molecule has 0 atom stereocenters. The summed E-state index contributed by atoms with van der Waals surface area (Å²) in [5, 5.41) is 11.7. The zero-order valence-electron chi connectivity index (χ0n) is 14.0. The number of aryl methyl sites for hydroxylation is 1. The molecular weight excluding hydrogens is 374 g/mol. The Balaban J connectivity index is 1.75. The third-order valence-electron chi connectivity index (χ3n) is 3.34. The Morgan fingerprint density at radius 3 is 2.73 bits per heavy atom. The van der Waals surface area contributed by atoms with Gasteiger partial charge < -0.3 is 9.84 Å². The van der Waals surface area contributed by atoms with Crippen LogP contribution in [0.4, 0.5) is 5.13 Å². The highest BCUT2D eigenvalue weighted by Crippen LogP contribution is 2.33. The summed E-state index contributed by atoms with van der Waals surface area (Å²) in [4.78, 5) is 33.7. The molecule has 2 aromatic rings. The molecule has 2 heterocycles. The lowest BCUT2D eigenvalue weighted by Gasteiger charge is -2.05. The van der Waals surface area contributed by atoms with Crippen LogP contribution >= 0.6 is 23.1 Å². The first-order valence-electron chi connectivity index (χ1n) is 7.55. The van der Waals surface area contributed by atoms with Gasteiger partial charge in [-0.15, -0.1) is 11.3 Å². The van der Waals surface area contributed by atoms with E-state index in [-0.39, 0.29) is 5.91 Å². The van der Waals surface area contributed by atoms with Crippen LogP contribution in [-0.2, 0) is 9.59 Å². The van der Waals surface area contributed by atoms with Gasteiger partial charge >= 0.3 is 5.97 Å². The van der Waals surface area contributed by atoms with Crippen molar-refractivity contribution in [2.45, 2.75) is 6.92 Å². The van der Waals surface area contributed by atoms with Crippen molar-refractivity contribution in [3.63, 3.8) is 0 Å². The smallest absolute Gasteiger partial charge is 0.341 e. The maximum Gasteiger partial charge on any atom is 0.341 e. The van der Waals surface area contributed by atoms with Crippen LogP contribution in [0.3, 0.4) is 0 Å². The SMILES string of the molecule is Cc1csc(/N=C2/S/C(=C/c3ccc(OCC(=O)O)cc3)C(=O)N2C)n1. The summed E-state index contributed by atoms with van der Waals surface area (Å²) in [6, 6.07) is 6.85. The van der Waals surface area contributed by atoms with Crippen molar-refractivity contribution >= 4 is 51.4 Å². The molecule has 1 aromatic heterocycles. The molecule has 26 heavy (non-hydrogen) atoms. The Labute approximate surface area is 158 Å². The summed E-state index contributed by atoms with van der Waals surface area (Å²) < 4.78 is 5.09. The number of carbonyl (C=O) groups is 2. The monoisotopic (exact) mass is 389 g/mol. The highest BCUT2D eigenvalue weighted by atomic mass is 32.2. The Morgan fingerprint density at radius 1 is 1.38 bits per heavy atom. The van der Waals surface area contributed by atoms with Crippen LogP contribution in [0, 0.1) is 6.92 Å². The van der Waals surface area contributed by atoms with Crippen molar-refractivity contribution in [3.05, 3.63) is 45.8 Å². The van der Waals surface area contributed by atoms with Gasteiger partial charge in [-0.1, -0.05) is 12.1 Å². The van der Waals surface area contributed by atoms with Crippen molar-refractivity contribution in [1.29, 1.82) is 0 Å². The van der Waals surface area contributed by atoms with Crippen LogP contribution in [0.15, 0.2) is 39.5 Å². The summed E-state index contributed by atoms with van der Waals surface area (Å²) in [5.74, 6) is -0.707. The van der Waals surface area contributed by atoms with Gasteiger partial charge in [-0.2, -0.15) is 4.99 Å². The number of rotatable bonds is 5. The predicted molar refractivity (Wildman–Crippen MR) is 102 cm³/mol. The number of hydrogen-bond donors (Lipinski definition) is 1. The van der Waals surface area contributed by atoms with E-state index < -0.39 is 12.6 Å². The highest BCUT2D eigenvalue weighted by Gasteiger charge is 2.30. The fourth-order valence-corrected chi connectivity index (χ4v) is 3.77. The number of ether oxygens (including phenoxy) is 1. The maximum atomic E-state index is 12.4. The molecule has 1 amide bonds. The normalized spacial score (nSPS) is 17.3. The molecule has 7 nitrogen and oxygen atoms in total. The summed E-state index contributed by atoms with van der Waals surface area (Å²) in [7, 11) is 1.68. The molecule has 0 saturated carbocycles. The molecule has 1 aliphatic rings. The highest BCUT2D eigenvalue weighted by molar-refractivity contribution is 8.18. The van der Waals surface area contributed by atoms with Gasteiger partial charge in [-0.25, -0.2) is 9.78 Å². The first-order chi connectivity index (χ1) is 12.4. The minimum absolute atomic E-state index is 0.131. The first kappa shape index (κ1) is 18.2. The summed E-state index contributed by atoms with van der Waals surface area (Å²) in [6.45, 7) is 1.50. The Kier molecular flexibility index (Phi) is 5.38. The number of aromatic nitrogens is 1. The van der Waals surface area contributed by atoms with Gasteiger partial charge in [0.25, 0.3) is 5.91 Å². The van der Waals surface area contributed by atoms with Gasteiger partial charge in [0.2, 0.25) is 5.13 Å². The van der Waals surface area contributed by atoms with E-state index in [1.165, 1.54) is 28.0 Å². The van der Waals surface area contributed by atoms with Gasteiger partial charge in [0, 0.05) is 12.4 Å². The second-order valence-electron chi connectivity index (χ2n) is 5.39. The number of hydrogen-bond acceptors (Lipinski definition) is 7. The minimum Gasteiger partial charge on any atom is -0.482 e. The van der Waals surface area contributed by atoms with E-state index in [0.29, 0.717) is 21.0 Å². The van der Waals surface area contributed by atoms with E-state index in [2.05, 4.69) is 9.98 Å². The third-order valence-corrected chi connectivity index (χ3v) is 5.25. The van der Waals surface area contributed by atoms with Crippen molar-refractivity contribution in [1.82, 2.24) is 9.88 Å². The molecule has 134 valence electrons. The van der Waals surface area contributed by atoms with Gasteiger partial charge in [-0.3, -0.25) is 9.69 Å². The summed E-state index contributed by atoms with van der Waals surface area (Å²) >= 11 is 2.72. The van der Waals surface area contributed by atoms with Crippen molar-refractivity contribution < 1.29 is 19.4 Å². The van der Waals surface area contributed by atoms with Crippen molar-refractivity contribution in [2.75, 3.05) is 13.7 Å². The van der Waals surface area contributed by atoms with E-state index in [0.717, 1.165) is 11.3 Å². The van der Waals surface area contributed by atoms with Crippen LogP contribution in [0.2, 0.25) is 0 Å². The van der Waals surface area contributed by atoms with E-state index in [9.17, 15) is 9.59 Å². The third kappa shape index (κ3) is 4.30. The van der Waals surface area contributed by atoms with E-state index in [4.69, 9.17) is 9.84 Å². The average molecular weight is 389 g/mol. The molecule has 0 radical (unpaired) electrons. The number of aliphatic carboxylic acids is 1. The molecule has 0 spiro atoms. The fourth-order valence-electron chi connectivity index (χ4n) is 2.08. The molecule has 1 aromatic carbocycles. The lowest BCUT2D eigenvalue weighted by molar-refractivity contribution is -0.139. The van der Waals surface area contributed by atoms with E-state index in [1.54, 1.807) is 37.4 Å². The standard InChI is InChI=1S/C17H15N3O4S2/c1-10-9-25-16(18-10)19-17-20(2)15(23)13(26-17)7-11-3-5-12(6-4-11)24-8-14(21)22/h3-7,9H,8H2,1-2H3,(H,21,22)/b13-7+,19-17+. The number of thioether (sulfide) groups is 1. The zero-order valence-corrected chi connectivity index (χ0v) is 15.6. The van der Waals surface area contributed by atoms with Crippen LogP contribution in [0.25, 0.3) is 6.08 Å². The van der Waals surface area contributed by atoms with Crippen molar-refractivity contribution in [2.24, 2.45) is 4.99 Å². The van der Waals surface area contributed by atoms with E-state index >= 15 is 0 Å². The number of thiazole rings is 1. The lowest BCUT2D eigenvalue weighted by Crippen LogP contribution is -2.23. The molecule has 0 bridgehead atoms. The van der Waals surface area contributed by atoms with Crippen LogP contribution < -0.4 is 4.74 Å². The lowest BCUT2D eigenvalue weighted by atomic mass is 10.2. The van der Waals surface area contributed by atoms with Gasteiger partial charge in [0.05, 0.1) is 10.6 Å². The number of likely N-dealkylation sites (N-methyl/N-ethyl adjacent to an activating group) is 1. The Morgan fingerprint density at radius 2 is 2.12 bits per heavy atom. The van der Waals surface area contributed by atoms with Gasteiger partial charge in [0.15, 0.2) is 11.8 Å². The minimum atomic E-state index is -1.03. The molecule has 1 N–H and O–H groups in total. The fraction of sp³-hybridized carbons (Fsp3) is 0.176. The first-order valence-corrected chi connectivity index (χ1v) is 9.25. The molecule has 1 fully saturated rings. The molecule has 3 rings (SSSR count). The van der Waals surface area contributed by atoms with Gasteiger partial charge in [-0.05, 0) is 42.5 Å². The van der Waals surface area contributed by atoms with Gasteiger partial charge in [0.1, 0.15) is 5.75 Å². The Hall–Kier alpha value is -2.65. The summed E-state index contributed by atoms with van der Waals surface area (Å²) in [5.41, 5.74) is 1.70. The maximum absolute atomic E-state index is 12.4. The van der Waals surface area contributed by atoms with Crippen molar-refractivity contribution in [3.8, 4) is 5.75 Å². The predicted octanol–water partition coefficient (Wildman–Crippen LogP) is 3.15. The number of amides is 1.